The first-order valence-electron chi connectivity index (χ1n) is 5.00. The standard InChI is InChI=1S/C12H15BrFO/c1-3-6-15-12-5-4-10(13)7-11(12)9(2)8-14/h4-5,7H,3,6,8H2,1-2H3. The van der Waals surface area contributed by atoms with E-state index in [9.17, 15) is 4.39 Å². The summed E-state index contributed by atoms with van der Waals surface area (Å²) in [4.78, 5) is 0. The first-order chi connectivity index (χ1) is 7.19. The van der Waals surface area contributed by atoms with Gasteiger partial charge < -0.3 is 4.74 Å². The summed E-state index contributed by atoms with van der Waals surface area (Å²) in [6, 6.07) is 5.66. The van der Waals surface area contributed by atoms with E-state index in [1.807, 2.05) is 25.1 Å². The summed E-state index contributed by atoms with van der Waals surface area (Å²) in [5, 5.41) is 0. The van der Waals surface area contributed by atoms with Crippen molar-refractivity contribution >= 4 is 15.9 Å². The van der Waals surface area contributed by atoms with Crippen LogP contribution >= 0.6 is 15.9 Å². The zero-order chi connectivity index (χ0) is 11.3. The van der Waals surface area contributed by atoms with Crippen molar-refractivity contribution in [1.82, 2.24) is 0 Å². The predicted molar refractivity (Wildman–Crippen MR) is 63.9 cm³/mol. The van der Waals surface area contributed by atoms with Gasteiger partial charge in [0.1, 0.15) is 5.75 Å². The molecular weight excluding hydrogens is 259 g/mol. The molecule has 1 aromatic carbocycles. The maximum absolute atomic E-state index is 12.6. The Morgan fingerprint density at radius 2 is 2.20 bits per heavy atom. The Balaban J connectivity index is 2.92. The molecule has 0 atom stereocenters. The van der Waals surface area contributed by atoms with Crippen LogP contribution in [-0.2, 0) is 0 Å². The van der Waals surface area contributed by atoms with Gasteiger partial charge in [0.05, 0.1) is 13.3 Å². The molecular formula is C12H15BrFO. The number of hydrogen-bond acceptors (Lipinski definition) is 1. The Morgan fingerprint density at radius 1 is 1.47 bits per heavy atom. The van der Waals surface area contributed by atoms with Crippen molar-refractivity contribution < 1.29 is 9.13 Å². The average molecular weight is 274 g/mol. The molecule has 0 spiro atoms. The van der Waals surface area contributed by atoms with E-state index in [-0.39, 0.29) is 0 Å². The fraction of sp³-hybridized carbons (Fsp3) is 0.417. The summed E-state index contributed by atoms with van der Waals surface area (Å²) in [5.41, 5.74) is 0.848. The van der Waals surface area contributed by atoms with E-state index in [0.29, 0.717) is 12.5 Å². The number of halogens is 2. The van der Waals surface area contributed by atoms with Gasteiger partial charge in [-0.15, -0.1) is 0 Å². The van der Waals surface area contributed by atoms with E-state index in [4.69, 9.17) is 4.74 Å². The molecule has 15 heavy (non-hydrogen) atoms. The molecule has 1 nitrogen and oxygen atoms in total. The minimum Gasteiger partial charge on any atom is -0.493 e. The largest absolute Gasteiger partial charge is 0.493 e. The second kappa shape index (κ2) is 6.11. The third-order valence-electron chi connectivity index (χ3n) is 2.06. The van der Waals surface area contributed by atoms with Crippen LogP contribution in [0, 0.1) is 5.92 Å². The lowest BCUT2D eigenvalue weighted by Crippen LogP contribution is -2.03. The Hall–Kier alpha value is -0.570. The Kier molecular flexibility index (Phi) is 5.09. The molecule has 83 valence electrons. The minimum atomic E-state index is -0.445. The van der Waals surface area contributed by atoms with Crippen LogP contribution in [-0.4, -0.2) is 13.3 Å². The molecule has 0 aromatic heterocycles. The molecule has 0 N–H and O–H groups in total. The van der Waals surface area contributed by atoms with Crippen molar-refractivity contribution in [3.05, 3.63) is 34.2 Å². The van der Waals surface area contributed by atoms with Crippen molar-refractivity contribution in [3.8, 4) is 5.75 Å². The number of alkyl halides is 1. The van der Waals surface area contributed by atoms with Gasteiger partial charge in [-0.05, 0) is 24.6 Å². The van der Waals surface area contributed by atoms with Gasteiger partial charge in [-0.2, -0.15) is 0 Å². The molecule has 0 aliphatic heterocycles. The van der Waals surface area contributed by atoms with E-state index in [1.54, 1.807) is 6.92 Å². The number of benzene rings is 1. The van der Waals surface area contributed by atoms with Gasteiger partial charge in [-0.1, -0.05) is 29.8 Å². The zero-order valence-electron chi connectivity index (χ0n) is 9.02. The highest BCUT2D eigenvalue weighted by molar-refractivity contribution is 9.10. The van der Waals surface area contributed by atoms with Crippen LogP contribution < -0.4 is 4.74 Å². The quantitative estimate of drug-likeness (QED) is 0.783. The molecule has 0 aliphatic carbocycles. The molecule has 1 radical (unpaired) electrons. The molecule has 1 aromatic rings. The van der Waals surface area contributed by atoms with Crippen LogP contribution in [0.4, 0.5) is 4.39 Å². The number of rotatable bonds is 5. The topological polar surface area (TPSA) is 9.23 Å². The number of hydrogen-bond donors (Lipinski definition) is 0. The summed E-state index contributed by atoms with van der Waals surface area (Å²) in [7, 11) is 0. The smallest absolute Gasteiger partial charge is 0.123 e. The highest BCUT2D eigenvalue weighted by atomic mass is 79.9. The van der Waals surface area contributed by atoms with Crippen molar-refractivity contribution in [2.45, 2.75) is 20.3 Å². The van der Waals surface area contributed by atoms with Crippen molar-refractivity contribution in [3.63, 3.8) is 0 Å². The summed E-state index contributed by atoms with van der Waals surface area (Å²) in [6.45, 7) is 4.04. The number of ether oxygens (including phenoxy) is 1. The van der Waals surface area contributed by atoms with E-state index in [2.05, 4.69) is 15.9 Å². The average Bonchev–Trinajstić information content (AvgIpc) is 2.26. The Morgan fingerprint density at radius 3 is 2.80 bits per heavy atom. The second-order valence-electron chi connectivity index (χ2n) is 3.40. The van der Waals surface area contributed by atoms with Crippen molar-refractivity contribution in [2.75, 3.05) is 13.3 Å². The first-order valence-corrected chi connectivity index (χ1v) is 5.79. The third kappa shape index (κ3) is 3.49. The second-order valence-corrected chi connectivity index (χ2v) is 4.32. The lowest BCUT2D eigenvalue weighted by Gasteiger charge is -2.14. The first kappa shape index (κ1) is 12.5. The summed E-state index contributed by atoms with van der Waals surface area (Å²) < 4.78 is 19.1. The maximum atomic E-state index is 12.6. The minimum absolute atomic E-state index is 0.445. The summed E-state index contributed by atoms with van der Waals surface area (Å²) in [5.74, 6) is 1.46. The van der Waals surface area contributed by atoms with Gasteiger partial charge in [-0.25, -0.2) is 0 Å². The lowest BCUT2D eigenvalue weighted by atomic mass is 10.0. The fourth-order valence-electron chi connectivity index (χ4n) is 1.25. The molecule has 0 fully saturated rings. The third-order valence-corrected chi connectivity index (χ3v) is 2.56. The molecule has 3 heteroatoms. The summed E-state index contributed by atoms with van der Waals surface area (Å²) >= 11 is 3.37. The molecule has 0 bridgehead atoms. The normalized spacial score (nSPS) is 10.7. The highest BCUT2D eigenvalue weighted by Crippen LogP contribution is 2.29. The van der Waals surface area contributed by atoms with Crippen LogP contribution in [0.5, 0.6) is 5.75 Å². The molecule has 0 heterocycles. The Bertz CT molecular complexity index is 314. The zero-order valence-corrected chi connectivity index (χ0v) is 10.6. The van der Waals surface area contributed by atoms with Crippen molar-refractivity contribution in [2.24, 2.45) is 0 Å². The van der Waals surface area contributed by atoms with Gasteiger partial charge in [-0.3, -0.25) is 4.39 Å². The van der Waals surface area contributed by atoms with Gasteiger partial charge in [0, 0.05) is 16.0 Å². The van der Waals surface area contributed by atoms with E-state index in [1.165, 1.54) is 0 Å². The van der Waals surface area contributed by atoms with E-state index < -0.39 is 6.67 Å². The van der Waals surface area contributed by atoms with Crippen LogP contribution in [0.1, 0.15) is 25.8 Å². The van der Waals surface area contributed by atoms with Crippen LogP contribution in [0.25, 0.3) is 0 Å². The molecule has 0 saturated heterocycles. The molecule has 0 unspecified atom stereocenters. The van der Waals surface area contributed by atoms with Crippen LogP contribution in [0.15, 0.2) is 22.7 Å². The summed E-state index contributed by atoms with van der Waals surface area (Å²) in [6.07, 6.45) is 0.949. The van der Waals surface area contributed by atoms with Crippen LogP contribution in [0.2, 0.25) is 0 Å². The maximum Gasteiger partial charge on any atom is 0.123 e. The van der Waals surface area contributed by atoms with Gasteiger partial charge in [0.25, 0.3) is 0 Å². The predicted octanol–water partition coefficient (Wildman–Crippen LogP) is 4.15. The van der Waals surface area contributed by atoms with Gasteiger partial charge in [0.2, 0.25) is 0 Å². The van der Waals surface area contributed by atoms with E-state index in [0.717, 1.165) is 22.2 Å². The van der Waals surface area contributed by atoms with Crippen LogP contribution in [0.3, 0.4) is 0 Å². The van der Waals surface area contributed by atoms with E-state index >= 15 is 0 Å². The van der Waals surface area contributed by atoms with Gasteiger partial charge >= 0.3 is 0 Å². The molecule has 0 amide bonds. The highest BCUT2D eigenvalue weighted by Gasteiger charge is 2.12. The fourth-order valence-corrected chi connectivity index (χ4v) is 1.61. The van der Waals surface area contributed by atoms with Gasteiger partial charge in [0.15, 0.2) is 0 Å². The monoisotopic (exact) mass is 273 g/mol. The molecule has 0 aliphatic rings. The lowest BCUT2D eigenvalue weighted by molar-refractivity contribution is 0.314. The molecule has 0 saturated carbocycles. The molecule has 1 rings (SSSR count). The van der Waals surface area contributed by atoms with Crippen molar-refractivity contribution in [1.29, 1.82) is 0 Å². The SMILES string of the molecule is CCCOc1ccc(Br)cc1[C](C)CF. The Labute approximate surface area is 98.8 Å².